The minimum Gasteiger partial charge on any atom is -0.506 e. The monoisotopic (exact) mass is 1110 g/mol. The first-order chi connectivity index (χ1) is 31.8. The van der Waals surface area contributed by atoms with Crippen LogP contribution in [0.25, 0.3) is 21.7 Å². The molecule has 1 aromatic heterocycles. The number of carbonyl (C=O) groups excluding carboxylic acids is 1. The molecule has 0 aliphatic heterocycles. The van der Waals surface area contributed by atoms with E-state index in [1.807, 2.05) is 165 Å². The number of rotatable bonds is 10. The van der Waals surface area contributed by atoms with Crippen molar-refractivity contribution in [2.24, 2.45) is 0 Å². The molecule has 68 heavy (non-hydrogen) atoms. The number of hydrogen-bond acceptors (Lipinski definition) is 6. The van der Waals surface area contributed by atoms with Gasteiger partial charge in [0.15, 0.2) is 19.8 Å². The van der Waals surface area contributed by atoms with Crippen molar-refractivity contribution >= 4 is 68.3 Å². The van der Waals surface area contributed by atoms with E-state index in [4.69, 9.17) is 4.42 Å². The van der Waals surface area contributed by atoms with Gasteiger partial charge < -0.3 is 18.7 Å². The summed E-state index contributed by atoms with van der Waals surface area (Å²) in [6, 6.07) is 56.8. The minimum absolute atomic E-state index is 0. The zero-order valence-corrected chi connectivity index (χ0v) is 39.7. The molecule has 0 saturated carbocycles. The Balaban J connectivity index is 0.000000194. The summed E-state index contributed by atoms with van der Waals surface area (Å²) in [7, 11) is -5.57. The van der Waals surface area contributed by atoms with Crippen LogP contribution >= 0.6 is 14.3 Å². The SMILES string of the molecule is C=C/C(=C\C)P(=O)(c1ccccc1)c1ccccc1.O=C(c1c(O)c2ccc3ccccc3c2oc1=O)C(F)(F)C(F)(F)C(F)(F)F.O=P(c1ccccc1)(c1ccccc1)c1ccccc1.[Gd]. The van der Waals surface area contributed by atoms with Gasteiger partial charge in [-0.3, -0.25) is 4.79 Å². The van der Waals surface area contributed by atoms with Crippen LogP contribution in [0.2, 0.25) is 0 Å². The molecule has 0 spiro atoms. The molecule has 16 heteroatoms. The molecule has 6 nitrogen and oxygen atoms in total. The third kappa shape index (κ3) is 10.5. The molecule has 0 amide bonds. The molecule has 0 aliphatic rings. The topological polar surface area (TPSA) is 102 Å². The number of Topliss-reactive ketones (excluding diaryl/α,β-unsaturated/α-hetero) is 1. The largest absolute Gasteiger partial charge is 0.506 e. The van der Waals surface area contributed by atoms with E-state index in [1.54, 1.807) is 18.2 Å². The molecule has 8 aromatic rings. The van der Waals surface area contributed by atoms with Crippen molar-refractivity contribution in [3.8, 4) is 5.75 Å². The zero-order valence-electron chi connectivity index (χ0n) is 35.6. The molecule has 0 fully saturated rings. The molecule has 0 atom stereocenters. The predicted molar refractivity (Wildman–Crippen MR) is 251 cm³/mol. The van der Waals surface area contributed by atoms with E-state index in [0.717, 1.165) is 37.9 Å². The van der Waals surface area contributed by atoms with Crippen LogP contribution in [0.4, 0.5) is 30.7 Å². The number of alkyl halides is 7. The molecule has 0 saturated heterocycles. The van der Waals surface area contributed by atoms with Crippen LogP contribution in [-0.4, -0.2) is 28.9 Å². The molecule has 8 rings (SSSR count). The average molecular weight is 1110 g/mol. The van der Waals surface area contributed by atoms with Crippen LogP contribution in [0.3, 0.4) is 0 Å². The third-order valence-corrected chi connectivity index (χ3v) is 16.8. The normalized spacial score (nSPS) is 12.1. The maximum absolute atomic E-state index is 13.8. The molecule has 0 aliphatic carbocycles. The summed E-state index contributed by atoms with van der Waals surface area (Å²) in [4.78, 5) is 23.7. The van der Waals surface area contributed by atoms with Crippen molar-refractivity contribution in [3.63, 3.8) is 0 Å². The number of carbonyl (C=O) groups is 1. The molecular weight excluding hydrogens is 1070 g/mol. The van der Waals surface area contributed by atoms with Crippen molar-refractivity contribution < 1.29 is 94.1 Å². The van der Waals surface area contributed by atoms with Crippen LogP contribution in [-0.2, 0) is 9.13 Å². The molecule has 1 N–H and O–H groups in total. The maximum atomic E-state index is 13.8. The van der Waals surface area contributed by atoms with E-state index < -0.39 is 60.4 Å². The summed E-state index contributed by atoms with van der Waals surface area (Å²) in [5.74, 6) is -17.8. The van der Waals surface area contributed by atoms with Gasteiger partial charge in [0.1, 0.15) is 11.3 Å². The van der Waals surface area contributed by atoms with Crippen LogP contribution in [0.5, 0.6) is 5.75 Å². The van der Waals surface area contributed by atoms with E-state index in [0.29, 0.717) is 5.39 Å². The van der Waals surface area contributed by atoms with Gasteiger partial charge in [-0.25, -0.2) is 4.79 Å². The second-order valence-electron chi connectivity index (χ2n) is 14.6. The number of halogens is 7. The zero-order chi connectivity index (χ0) is 48.6. The summed E-state index contributed by atoms with van der Waals surface area (Å²) < 4.78 is 123. The van der Waals surface area contributed by atoms with E-state index >= 15 is 0 Å². The summed E-state index contributed by atoms with van der Waals surface area (Å²) in [6.07, 6.45) is -3.20. The van der Waals surface area contributed by atoms with Gasteiger partial charge in [-0.1, -0.05) is 201 Å². The van der Waals surface area contributed by atoms with Gasteiger partial charge in [0, 0.05) is 77.2 Å². The summed E-state index contributed by atoms with van der Waals surface area (Å²) in [5, 5.41) is 15.3. The Hall–Kier alpha value is -5.75. The number of allylic oxidation sites excluding steroid dienone is 3. The Labute approximate surface area is 418 Å². The number of benzene rings is 7. The summed E-state index contributed by atoms with van der Waals surface area (Å²) in [6.45, 7) is 5.71. The molecule has 0 radical (unpaired) electrons. The van der Waals surface area contributed by atoms with Crippen LogP contribution in [0.15, 0.2) is 221 Å². The van der Waals surface area contributed by atoms with Gasteiger partial charge in [-0.05, 0) is 18.4 Å². The quantitative estimate of drug-likeness (QED) is 0.0366. The van der Waals surface area contributed by atoms with Gasteiger partial charge in [0.2, 0.25) is 5.78 Å². The van der Waals surface area contributed by atoms with Crippen LogP contribution < -0.4 is 32.1 Å². The Bertz CT molecular complexity index is 3060. The van der Waals surface area contributed by atoms with E-state index in [1.165, 1.54) is 18.2 Å². The smallest absolute Gasteiger partial charge is 0.460 e. The number of aromatic hydroxyl groups is 1. The predicted octanol–water partition coefficient (Wildman–Crippen LogP) is 12.1. The second kappa shape index (κ2) is 22.1. The van der Waals surface area contributed by atoms with Crippen molar-refractivity contribution in [3.05, 3.63) is 228 Å². The molecule has 7 aromatic carbocycles. The Morgan fingerprint density at radius 3 is 1.34 bits per heavy atom. The van der Waals surface area contributed by atoms with Crippen LogP contribution in [0, 0.1) is 39.9 Å². The van der Waals surface area contributed by atoms with Gasteiger partial charge in [-0.15, -0.1) is 0 Å². The Morgan fingerprint density at radius 1 is 0.574 bits per heavy atom. The fraction of sp³-hybridized carbons (Fsp3) is 0.0769. The third-order valence-electron chi connectivity index (χ3n) is 10.5. The first-order valence-electron chi connectivity index (χ1n) is 20.2. The first-order valence-corrected chi connectivity index (χ1v) is 23.6. The van der Waals surface area contributed by atoms with Gasteiger partial charge in [0.25, 0.3) is 0 Å². The maximum Gasteiger partial charge on any atom is 0.460 e. The van der Waals surface area contributed by atoms with Crippen molar-refractivity contribution in [2.45, 2.75) is 24.9 Å². The number of ketones is 1. The Morgan fingerprint density at radius 2 is 0.956 bits per heavy atom. The van der Waals surface area contributed by atoms with E-state index in [9.17, 15) is 54.6 Å². The fourth-order valence-electron chi connectivity index (χ4n) is 7.10. The standard InChI is InChI=1S/C18H15OP.C17H7F7O4.C17H17OP.Gd/c19-20(16-10-4-1-5-11-16,17-12-6-2-7-13-17)18-14-8-3-9-15-18;18-15(19,16(20,21)17(22,23)24)13(26)10-11(25)9-6-5-7-3-1-2-4-8(7)12(9)28-14(10)27;1-3-15(4-2)19(18,16-11-7-5-8-12-16)17-13-9-6-10-14-17;/h1-15H;1-6,25H;3-14H,1H2,2H3;/b;;15-4+;. The minimum atomic E-state index is -6.78. The molecule has 1 heterocycles. The van der Waals surface area contributed by atoms with Crippen molar-refractivity contribution in [2.75, 3.05) is 0 Å². The van der Waals surface area contributed by atoms with Gasteiger partial charge in [0.05, 0.1) is 5.39 Å². The van der Waals surface area contributed by atoms with Crippen molar-refractivity contribution in [1.82, 2.24) is 0 Å². The van der Waals surface area contributed by atoms with Gasteiger partial charge in [-0.2, -0.15) is 30.7 Å². The fourth-order valence-corrected chi connectivity index (χ4v) is 12.5. The van der Waals surface area contributed by atoms with E-state index in [2.05, 4.69) is 6.58 Å². The average Bonchev–Trinajstić information content (AvgIpc) is 3.35. The number of fused-ring (bicyclic) bond motifs is 3. The first kappa shape index (κ1) is 53.2. The van der Waals surface area contributed by atoms with Crippen molar-refractivity contribution in [1.29, 1.82) is 0 Å². The van der Waals surface area contributed by atoms with Gasteiger partial charge >= 0.3 is 23.6 Å². The Kier molecular flexibility index (Phi) is 17.3. The molecule has 350 valence electrons. The molecular formula is C52H39F7GdO6P2. The van der Waals surface area contributed by atoms with E-state index in [-0.39, 0.29) is 50.9 Å². The summed E-state index contributed by atoms with van der Waals surface area (Å²) in [5.41, 5.74) is -4.34. The second-order valence-corrected chi connectivity index (χ2v) is 20.1. The number of hydrogen-bond donors (Lipinski definition) is 1. The molecule has 0 unspecified atom stereocenters. The van der Waals surface area contributed by atoms with Crippen LogP contribution in [0.1, 0.15) is 17.3 Å². The summed E-state index contributed by atoms with van der Waals surface area (Å²) >= 11 is 0. The molecule has 0 bridgehead atoms.